The molecule has 0 unspecified atom stereocenters. The second kappa shape index (κ2) is 12.2. The van der Waals surface area contributed by atoms with Crippen LogP contribution in [0.25, 0.3) is 0 Å². The lowest BCUT2D eigenvalue weighted by Gasteiger charge is -2.27. The van der Waals surface area contributed by atoms with Crippen LogP contribution in [0.15, 0.2) is 23.0 Å². The number of rotatable bonds is 8. The number of nitrogens with zero attached hydrogens (tertiary/aromatic N) is 2. The second-order valence-electron chi connectivity index (χ2n) is 10.0. The van der Waals surface area contributed by atoms with Gasteiger partial charge in [-0.3, -0.25) is 19.4 Å². The summed E-state index contributed by atoms with van der Waals surface area (Å²) in [5, 5.41) is 9.27. The number of carbonyl (C=O) groups is 1. The van der Waals surface area contributed by atoms with Crippen molar-refractivity contribution in [2.45, 2.75) is 84.8 Å². The van der Waals surface area contributed by atoms with E-state index in [1.807, 2.05) is 32.9 Å². The van der Waals surface area contributed by atoms with E-state index in [0.717, 1.165) is 36.1 Å². The van der Waals surface area contributed by atoms with E-state index in [1.54, 1.807) is 10.7 Å². The first-order valence-electron chi connectivity index (χ1n) is 12.9. The topological polar surface area (TPSA) is 82.2 Å². The molecule has 0 atom stereocenters. The molecule has 1 heterocycles. The van der Waals surface area contributed by atoms with E-state index in [0.29, 0.717) is 17.0 Å². The van der Waals surface area contributed by atoms with Gasteiger partial charge in [-0.15, -0.1) is 0 Å². The van der Waals surface area contributed by atoms with Crippen molar-refractivity contribution in [1.29, 1.82) is 0 Å². The first-order chi connectivity index (χ1) is 16.3. The summed E-state index contributed by atoms with van der Waals surface area (Å²) in [6, 6.07) is 6.52. The van der Waals surface area contributed by atoms with Gasteiger partial charge in [0.15, 0.2) is 0 Å². The molecule has 0 aliphatic heterocycles. The van der Waals surface area contributed by atoms with Gasteiger partial charge < -0.3 is 15.5 Å². The van der Waals surface area contributed by atoms with E-state index < -0.39 is 0 Å². The third kappa shape index (κ3) is 6.98. The Morgan fingerprint density at radius 2 is 1.82 bits per heavy atom. The van der Waals surface area contributed by atoms with Gasteiger partial charge in [0.2, 0.25) is 0 Å². The molecule has 188 valence electrons. The maximum absolute atomic E-state index is 12.6. The van der Waals surface area contributed by atoms with E-state index in [9.17, 15) is 9.59 Å². The zero-order chi connectivity index (χ0) is 24.7. The van der Waals surface area contributed by atoms with Gasteiger partial charge in [-0.05, 0) is 84.2 Å². The monoisotopic (exact) mass is 469 g/mol. The summed E-state index contributed by atoms with van der Waals surface area (Å²) in [5.74, 6) is 0.459. The van der Waals surface area contributed by atoms with Crippen LogP contribution in [0.1, 0.15) is 79.0 Å². The molecule has 4 rings (SSSR count). The Hall–Kier alpha value is -2.54. The third-order valence-corrected chi connectivity index (χ3v) is 7.07. The van der Waals surface area contributed by atoms with Crippen molar-refractivity contribution < 1.29 is 4.79 Å². The molecular formula is C27H43N5O2. The number of carbonyl (C=O) groups excluding carboxylic acids is 1. The predicted octanol–water partition coefficient (Wildman–Crippen LogP) is 4.45. The molecule has 7 nitrogen and oxygen atoms in total. The summed E-state index contributed by atoms with van der Waals surface area (Å²) in [5.41, 5.74) is 3.94. The molecule has 2 fully saturated rings. The number of aromatic nitrogens is 2. The Bertz CT molecular complexity index is 997. The zero-order valence-electron chi connectivity index (χ0n) is 21.7. The smallest absolute Gasteiger partial charge is 0.271 e. The van der Waals surface area contributed by atoms with Crippen LogP contribution >= 0.6 is 0 Å². The standard InChI is InChI=1S/C19H26N4O2.C8H17N/c1-4-20-17-7-5-6-15(12(17)2)18(24)21-10-16-13(3)22-23(19(16)25)11-14-8-9-14;1-9(2)8-6-4-3-5-7-8/h5-7,14,20,22H,4,8-11H2,1-3H3,(H,21,24);8H,3-7H2,1-2H3. The van der Waals surface area contributed by atoms with Crippen molar-refractivity contribution in [3.63, 3.8) is 0 Å². The molecule has 0 saturated heterocycles. The lowest BCUT2D eigenvalue weighted by atomic mass is 9.95. The minimum absolute atomic E-state index is 0.0252. The number of H-pyrrole nitrogens is 1. The van der Waals surface area contributed by atoms with Crippen LogP contribution in [0.3, 0.4) is 0 Å². The third-order valence-electron chi connectivity index (χ3n) is 7.07. The maximum Gasteiger partial charge on any atom is 0.271 e. The van der Waals surface area contributed by atoms with Crippen molar-refractivity contribution in [2.75, 3.05) is 26.0 Å². The first-order valence-corrected chi connectivity index (χ1v) is 12.9. The van der Waals surface area contributed by atoms with E-state index in [4.69, 9.17) is 0 Å². The number of nitrogens with one attached hydrogen (secondary N) is 3. The molecule has 1 aromatic carbocycles. The average Bonchev–Trinajstić information content (AvgIpc) is 3.60. The number of hydrogen-bond donors (Lipinski definition) is 3. The Morgan fingerprint density at radius 3 is 2.41 bits per heavy atom. The molecule has 1 amide bonds. The summed E-state index contributed by atoms with van der Waals surface area (Å²) in [6.07, 6.45) is 9.59. The maximum atomic E-state index is 12.6. The lowest BCUT2D eigenvalue weighted by Crippen LogP contribution is -2.29. The van der Waals surface area contributed by atoms with E-state index in [1.165, 1.54) is 44.9 Å². The Labute approximate surface area is 204 Å². The molecule has 3 N–H and O–H groups in total. The van der Waals surface area contributed by atoms with Gasteiger partial charge in [0.1, 0.15) is 0 Å². The second-order valence-corrected chi connectivity index (χ2v) is 10.0. The van der Waals surface area contributed by atoms with Crippen molar-refractivity contribution in [3.05, 3.63) is 50.9 Å². The fourth-order valence-corrected chi connectivity index (χ4v) is 4.66. The number of amides is 1. The zero-order valence-corrected chi connectivity index (χ0v) is 21.7. The normalized spacial score (nSPS) is 16.2. The number of benzene rings is 1. The lowest BCUT2D eigenvalue weighted by molar-refractivity contribution is 0.0950. The Morgan fingerprint density at radius 1 is 1.12 bits per heavy atom. The summed E-state index contributed by atoms with van der Waals surface area (Å²) in [7, 11) is 4.38. The van der Waals surface area contributed by atoms with Crippen LogP contribution in [-0.2, 0) is 13.1 Å². The van der Waals surface area contributed by atoms with E-state index >= 15 is 0 Å². The number of anilines is 1. The van der Waals surface area contributed by atoms with Gasteiger partial charge in [-0.1, -0.05) is 25.3 Å². The SMILES string of the molecule is CCNc1cccc(C(=O)NCc2c(C)[nH]n(CC3CC3)c2=O)c1C.CN(C)C1CCCCC1. The van der Waals surface area contributed by atoms with Gasteiger partial charge in [0.05, 0.1) is 12.1 Å². The molecule has 2 aliphatic carbocycles. The molecule has 0 bridgehead atoms. The first kappa shape index (κ1) is 26.1. The number of hydrogen-bond acceptors (Lipinski definition) is 4. The summed E-state index contributed by atoms with van der Waals surface area (Å²) >= 11 is 0. The Kier molecular flexibility index (Phi) is 9.39. The highest BCUT2D eigenvalue weighted by Gasteiger charge is 2.24. The fourth-order valence-electron chi connectivity index (χ4n) is 4.66. The molecule has 1 aromatic heterocycles. The van der Waals surface area contributed by atoms with Crippen molar-refractivity contribution in [2.24, 2.45) is 5.92 Å². The van der Waals surface area contributed by atoms with Crippen LogP contribution in [0, 0.1) is 19.8 Å². The number of aromatic amines is 1. The molecule has 2 aromatic rings. The van der Waals surface area contributed by atoms with Gasteiger partial charge in [-0.2, -0.15) is 0 Å². The highest BCUT2D eigenvalue weighted by Crippen LogP contribution is 2.30. The number of aryl methyl sites for hydroxylation is 1. The largest absolute Gasteiger partial charge is 0.385 e. The average molecular weight is 470 g/mol. The fraction of sp³-hybridized carbons (Fsp3) is 0.630. The summed E-state index contributed by atoms with van der Waals surface area (Å²) in [4.78, 5) is 27.4. The van der Waals surface area contributed by atoms with Crippen LogP contribution in [0.4, 0.5) is 5.69 Å². The molecular weight excluding hydrogens is 426 g/mol. The molecule has 2 saturated carbocycles. The van der Waals surface area contributed by atoms with Gasteiger partial charge in [0.25, 0.3) is 11.5 Å². The predicted molar refractivity (Wildman–Crippen MR) is 140 cm³/mol. The molecule has 0 radical (unpaired) electrons. The van der Waals surface area contributed by atoms with Crippen molar-refractivity contribution in [1.82, 2.24) is 20.0 Å². The minimum atomic E-state index is -0.161. The van der Waals surface area contributed by atoms with E-state index in [-0.39, 0.29) is 18.0 Å². The van der Waals surface area contributed by atoms with Crippen LogP contribution in [0.2, 0.25) is 0 Å². The molecule has 0 spiro atoms. The van der Waals surface area contributed by atoms with Gasteiger partial charge >= 0.3 is 0 Å². The highest BCUT2D eigenvalue weighted by atomic mass is 16.2. The Balaban J connectivity index is 0.000000302. The van der Waals surface area contributed by atoms with Crippen molar-refractivity contribution in [3.8, 4) is 0 Å². The quantitative estimate of drug-likeness (QED) is 0.534. The summed E-state index contributed by atoms with van der Waals surface area (Å²) < 4.78 is 1.67. The van der Waals surface area contributed by atoms with Crippen LogP contribution < -0.4 is 16.2 Å². The highest BCUT2D eigenvalue weighted by molar-refractivity contribution is 5.97. The van der Waals surface area contributed by atoms with Gasteiger partial charge in [-0.25, -0.2) is 0 Å². The van der Waals surface area contributed by atoms with E-state index in [2.05, 4.69) is 34.7 Å². The molecule has 2 aliphatic rings. The molecule has 7 heteroatoms. The minimum Gasteiger partial charge on any atom is -0.385 e. The van der Waals surface area contributed by atoms with Crippen molar-refractivity contribution >= 4 is 11.6 Å². The van der Waals surface area contributed by atoms with Crippen LogP contribution in [-0.4, -0.2) is 47.3 Å². The summed E-state index contributed by atoms with van der Waals surface area (Å²) in [6.45, 7) is 7.61. The molecule has 34 heavy (non-hydrogen) atoms. The van der Waals surface area contributed by atoms with Crippen LogP contribution in [0.5, 0.6) is 0 Å². The van der Waals surface area contributed by atoms with Gasteiger partial charge in [0, 0.05) is 36.1 Å².